The summed E-state index contributed by atoms with van der Waals surface area (Å²) in [5.41, 5.74) is 0. The van der Waals surface area contributed by atoms with Gasteiger partial charge < -0.3 is 14.2 Å². The second-order valence-corrected chi connectivity index (χ2v) is 22.7. The summed E-state index contributed by atoms with van der Waals surface area (Å²) in [5.74, 6) is -0.936. The Labute approximate surface area is 490 Å². The van der Waals surface area contributed by atoms with Gasteiger partial charge in [-0.1, -0.05) is 318 Å². The number of rotatable bonds is 62. The van der Waals surface area contributed by atoms with Crippen molar-refractivity contribution in [2.45, 2.75) is 348 Å². The van der Waals surface area contributed by atoms with Crippen molar-refractivity contribution in [1.29, 1.82) is 0 Å². The van der Waals surface area contributed by atoms with Crippen molar-refractivity contribution >= 4 is 17.9 Å². The van der Waals surface area contributed by atoms with Crippen molar-refractivity contribution in [3.05, 3.63) is 85.1 Å². The Balaban J connectivity index is 4.19. The van der Waals surface area contributed by atoms with Crippen LogP contribution in [0.4, 0.5) is 0 Å². The topological polar surface area (TPSA) is 78.9 Å². The molecule has 0 aromatic heterocycles. The van der Waals surface area contributed by atoms with E-state index in [1.54, 1.807) is 0 Å². The molecule has 0 aromatic carbocycles. The smallest absolute Gasteiger partial charge is 0.306 e. The molecule has 0 aliphatic carbocycles. The first kappa shape index (κ1) is 75.6. The molecule has 1 atom stereocenters. The number of carbonyl (C=O) groups excluding carboxylic acids is 3. The predicted molar refractivity (Wildman–Crippen MR) is 344 cm³/mol. The molecule has 0 saturated carbocycles. The van der Waals surface area contributed by atoms with Crippen LogP contribution in [-0.2, 0) is 28.6 Å². The van der Waals surface area contributed by atoms with Crippen LogP contribution in [0, 0.1) is 0 Å². The summed E-state index contributed by atoms with van der Waals surface area (Å²) >= 11 is 0. The van der Waals surface area contributed by atoms with Crippen LogP contribution in [-0.4, -0.2) is 37.2 Å². The van der Waals surface area contributed by atoms with Crippen molar-refractivity contribution in [3.63, 3.8) is 0 Å². The summed E-state index contributed by atoms with van der Waals surface area (Å²) < 4.78 is 16.9. The number of ether oxygens (including phenoxy) is 3. The number of hydrogen-bond donors (Lipinski definition) is 0. The molecule has 0 heterocycles. The minimum atomic E-state index is -0.802. The van der Waals surface area contributed by atoms with Gasteiger partial charge in [0.25, 0.3) is 0 Å². The Morgan fingerprint density at radius 2 is 0.494 bits per heavy atom. The first-order valence-corrected chi connectivity index (χ1v) is 34.1. The third-order valence-corrected chi connectivity index (χ3v) is 14.9. The molecule has 0 spiro atoms. The Bertz CT molecular complexity index is 1500. The van der Waals surface area contributed by atoms with Gasteiger partial charge in [0.2, 0.25) is 0 Å². The van der Waals surface area contributed by atoms with E-state index in [4.69, 9.17) is 14.2 Å². The molecule has 0 amide bonds. The zero-order chi connectivity index (χ0) is 57.1. The van der Waals surface area contributed by atoms with Crippen LogP contribution >= 0.6 is 0 Å². The minimum Gasteiger partial charge on any atom is -0.462 e. The molecule has 0 saturated heterocycles. The van der Waals surface area contributed by atoms with E-state index in [9.17, 15) is 14.4 Å². The largest absolute Gasteiger partial charge is 0.462 e. The van der Waals surface area contributed by atoms with Gasteiger partial charge in [0, 0.05) is 19.3 Å². The summed E-state index contributed by atoms with van der Waals surface area (Å²) in [4.78, 5) is 38.3. The van der Waals surface area contributed by atoms with Crippen LogP contribution in [0.5, 0.6) is 0 Å². The van der Waals surface area contributed by atoms with Crippen LogP contribution in [0.3, 0.4) is 0 Å². The molecule has 456 valence electrons. The maximum Gasteiger partial charge on any atom is 0.306 e. The fourth-order valence-corrected chi connectivity index (χ4v) is 9.86. The third kappa shape index (κ3) is 65.3. The molecule has 0 N–H and O–H groups in total. The maximum absolute atomic E-state index is 12.9. The summed E-state index contributed by atoms with van der Waals surface area (Å²) in [7, 11) is 0. The lowest BCUT2D eigenvalue weighted by atomic mass is 10.0. The predicted octanol–water partition coefficient (Wildman–Crippen LogP) is 23.4. The highest BCUT2D eigenvalue weighted by molar-refractivity contribution is 5.71. The van der Waals surface area contributed by atoms with Crippen molar-refractivity contribution in [3.8, 4) is 0 Å². The fourth-order valence-electron chi connectivity index (χ4n) is 9.86. The Hall–Kier alpha value is -3.41. The molecule has 0 aromatic rings. The van der Waals surface area contributed by atoms with Crippen LogP contribution in [0.1, 0.15) is 342 Å². The zero-order valence-corrected chi connectivity index (χ0v) is 52.4. The van der Waals surface area contributed by atoms with Crippen molar-refractivity contribution in [2.24, 2.45) is 0 Å². The molecule has 6 nitrogen and oxygen atoms in total. The van der Waals surface area contributed by atoms with Crippen LogP contribution < -0.4 is 0 Å². The van der Waals surface area contributed by atoms with Gasteiger partial charge in [-0.25, -0.2) is 0 Å². The van der Waals surface area contributed by atoms with Gasteiger partial charge in [-0.3, -0.25) is 14.4 Å². The van der Waals surface area contributed by atoms with E-state index in [0.29, 0.717) is 19.3 Å². The van der Waals surface area contributed by atoms with Crippen LogP contribution in [0.25, 0.3) is 0 Å². The zero-order valence-electron chi connectivity index (χ0n) is 52.4. The molecular weight excluding hydrogens is 973 g/mol. The summed E-state index contributed by atoms with van der Waals surface area (Å²) in [6.07, 6.45) is 89.2. The molecule has 0 rings (SSSR count). The monoisotopic (exact) mass is 1100 g/mol. The Morgan fingerprint density at radius 1 is 0.266 bits per heavy atom. The third-order valence-electron chi connectivity index (χ3n) is 14.9. The molecule has 6 heteroatoms. The van der Waals surface area contributed by atoms with Gasteiger partial charge in [0.05, 0.1) is 0 Å². The number of hydrogen-bond acceptors (Lipinski definition) is 6. The lowest BCUT2D eigenvalue weighted by Crippen LogP contribution is -2.30. The van der Waals surface area contributed by atoms with Gasteiger partial charge in [-0.15, -0.1) is 0 Å². The number of unbranched alkanes of at least 4 members (excludes halogenated alkanes) is 37. The lowest BCUT2D eigenvalue weighted by Gasteiger charge is -2.18. The van der Waals surface area contributed by atoms with E-state index >= 15 is 0 Å². The highest BCUT2D eigenvalue weighted by atomic mass is 16.6. The maximum atomic E-state index is 12.9. The van der Waals surface area contributed by atoms with Gasteiger partial charge in [-0.05, 0) is 89.9 Å². The summed E-state index contributed by atoms with van der Waals surface area (Å²) in [6, 6.07) is 0. The van der Waals surface area contributed by atoms with E-state index < -0.39 is 6.10 Å². The first-order valence-electron chi connectivity index (χ1n) is 34.1. The van der Waals surface area contributed by atoms with E-state index in [1.165, 1.54) is 180 Å². The molecule has 0 aliphatic heterocycles. The standard InChI is InChI=1S/C73H128O6/c1-4-7-10-13-16-19-22-25-27-29-30-31-32-33-34-35-36-37-38-39-40-41-42-44-45-48-51-54-57-60-63-66-72(75)78-69-70(68-77-71(74)65-62-59-56-53-50-47-24-21-18-15-12-9-6-3)79-73(76)67-64-61-58-55-52-49-46-43-28-26-23-20-17-14-11-8-5-2/h8-9,11-12,17-18,20-21,26,28,46-47,49-50,70H,4-7,10,13-16,19,22-25,27,29-45,48,51-69H2,1-3H3/b11-8-,12-9-,20-17-,21-18-,28-26-,49-46-,50-47-. The fraction of sp³-hybridized carbons (Fsp3) is 0.767. The normalized spacial score (nSPS) is 12.6. The van der Waals surface area contributed by atoms with Gasteiger partial charge in [-0.2, -0.15) is 0 Å². The molecule has 79 heavy (non-hydrogen) atoms. The van der Waals surface area contributed by atoms with Crippen molar-refractivity contribution in [1.82, 2.24) is 0 Å². The number of esters is 3. The average molecular weight is 1100 g/mol. The number of allylic oxidation sites excluding steroid dienone is 14. The second-order valence-electron chi connectivity index (χ2n) is 22.7. The van der Waals surface area contributed by atoms with Gasteiger partial charge in [0.1, 0.15) is 13.2 Å². The van der Waals surface area contributed by atoms with Crippen molar-refractivity contribution in [2.75, 3.05) is 13.2 Å². The summed E-state index contributed by atoms with van der Waals surface area (Å²) in [5, 5.41) is 0. The van der Waals surface area contributed by atoms with E-state index in [2.05, 4.69) is 106 Å². The summed E-state index contributed by atoms with van der Waals surface area (Å²) in [6.45, 7) is 6.41. The quantitative estimate of drug-likeness (QED) is 0.0261. The molecule has 0 aliphatic rings. The highest BCUT2D eigenvalue weighted by Crippen LogP contribution is 2.18. The van der Waals surface area contributed by atoms with Gasteiger partial charge >= 0.3 is 17.9 Å². The molecular formula is C73H128O6. The average Bonchev–Trinajstić information content (AvgIpc) is 3.45. The van der Waals surface area contributed by atoms with E-state index in [0.717, 1.165) is 122 Å². The Kier molecular flexibility index (Phi) is 64.2. The molecule has 0 bridgehead atoms. The first-order chi connectivity index (χ1) is 39.0. The van der Waals surface area contributed by atoms with E-state index in [1.807, 2.05) is 0 Å². The van der Waals surface area contributed by atoms with Crippen LogP contribution in [0.15, 0.2) is 85.1 Å². The highest BCUT2D eigenvalue weighted by Gasteiger charge is 2.19. The Morgan fingerprint density at radius 3 is 0.785 bits per heavy atom. The van der Waals surface area contributed by atoms with E-state index in [-0.39, 0.29) is 31.1 Å². The SMILES string of the molecule is CC/C=C\C/C=C\C/C=C\C/C=C\CCCCCCC(=O)OC(COC(=O)CCCCC/C=C\C/C=C\C/C=C\CC)COC(=O)CCCCCCCCCCCCCCCCCCCCCCCCCCCCCCCCC. The number of carbonyl (C=O) groups is 3. The molecule has 0 fully saturated rings. The minimum absolute atomic E-state index is 0.0940. The van der Waals surface area contributed by atoms with Crippen LogP contribution in [0.2, 0.25) is 0 Å². The molecule has 0 radical (unpaired) electrons. The molecule has 1 unspecified atom stereocenters. The second kappa shape index (κ2) is 67.1. The lowest BCUT2D eigenvalue weighted by molar-refractivity contribution is -0.167. The van der Waals surface area contributed by atoms with Crippen molar-refractivity contribution < 1.29 is 28.6 Å². The van der Waals surface area contributed by atoms with Gasteiger partial charge in [0.15, 0.2) is 6.10 Å².